The molecule has 3 aromatic carbocycles. The fourth-order valence-corrected chi connectivity index (χ4v) is 2.32. The molecule has 0 amide bonds. The number of hydrogen-bond donors (Lipinski definition) is 1. The monoisotopic (exact) mass is 324 g/mol. The summed E-state index contributed by atoms with van der Waals surface area (Å²) in [6.07, 6.45) is 0.988. The van der Waals surface area contributed by atoms with Crippen LogP contribution in [-0.2, 0) is 17.7 Å². The molecule has 3 aromatic rings. The number of hydrogen-bond acceptors (Lipinski definition) is 2. The van der Waals surface area contributed by atoms with Crippen LogP contribution < -0.4 is 5.14 Å². The highest BCUT2D eigenvalue weighted by Crippen LogP contribution is 2.21. The summed E-state index contributed by atoms with van der Waals surface area (Å²) >= 11 is -2.36. The topological polar surface area (TPSA) is 66.2 Å². The summed E-state index contributed by atoms with van der Waals surface area (Å²) in [6.45, 7) is 0. The third-order valence-electron chi connectivity index (χ3n) is 3.29. The van der Waals surface area contributed by atoms with Gasteiger partial charge in [-0.2, -0.15) is 0 Å². The van der Waals surface area contributed by atoms with Crippen molar-refractivity contribution in [1.82, 2.24) is 0 Å². The summed E-state index contributed by atoms with van der Waals surface area (Å²) in [6, 6.07) is 29.9. The van der Waals surface area contributed by atoms with Crippen molar-refractivity contribution in [2.45, 2.75) is 6.42 Å². The lowest BCUT2D eigenvalue weighted by atomic mass is 9.99. The van der Waals surface area contributed by atoms with Gasteiger partial charge in [0.15, 0.2) is 0 Å². The Kier molecular flexibility index (Phi) is 6.69. The van der Waals surface area contributed by atoms with Crippen LogP contribution in [0.4, 0.5) is 0 Å². The standard InChI is InChI=1S/C19H16.H3NO2S/c1-3-8-16(9-4-1)14-17-10-7-13-19(15-17)18-11-5-2-6-12-18;1-4(2)3/h1-13,15H,14H2;1H2,(H,2,3)/p-1. The van der Waals surface area contributed by atoms with E-state index in [1.165, 1.54) is 22.3 Å². The highest BCUT2D eigenvalue weighted by molar-refractivity contribution is 7.76. The Balaban J connectivity index is 0.000000433. The largest absolute Gasteiger partial charge is 0.760 e. The molecule has 0 aliphatic carbocycles. The van der Waals surface area contributed by atoms with Gasteiger partial charge in [-0.1, -0.05) is 84.9 Å². The predicted molar refractivity (Wildman–Crippen MR) is 94.2 cm³/mol. The normalized spacial score (nSPS) is 11.2. The molecule has 4 heteroatoms. The average Bonchev–Trinajstić information content (AvgIpc) is 2.56. The van der Waals surface area contributed by atoms with Crippen molar-refractivity contribution in [3.05, 3.63) is 96.1 Å². The highest BCUT2D eigenvalue weighted by atomic mass is 32.2. The van der Waals surface area contributed by atoms with Gasteiger partial charge in [-0.05, 0) is 28.7 Å². The van der Waals surface area contributed by atoms with Crippen LogP contribution in [0.5, 0.6) is 0 Å². The molecule has 23 heavy (non-hydrogen) atoms. The van der Waals surface area contributed by atoms with E-state index in [4.69, 9.17) is 8.76 Å². The van der Waals surface area contributed by atoms with Gasteiger partial charge in [0.1, 0.15) is 0 Å². The summed E-state index contributed by atoms with van der Waals surface area (Å²) in [5.74, 6) is 0. The highest BCUT2D eigenvalue weighted by Gasteiger charge is 1.99. The molecule has 3 rings (SSSR count). The summed E-state index contributed by atoms with van der Waals surface area (Å²) in [5, 5.41) is 4.03. The number of rotatable bonds is 3. The Labute approximate surface area is 139 Å². The Hall–Kier alpha value is -2.27. The van der Waals surface area contributed by atoms with E-state index in [1.807, 2.05) is 0 Å². The minimum Gasteiger partial charge on any atom is -0.760 e. The molecule has 3 nitrogen and oxygen atoms in total. The van der Waals surface area contributed by atoms with Gasteiger partial charge in [0.05, 0.1) is 0 Å². The van der Waals surface area contributed by atoms with Crippen LogP contribution in [0.2, 0.25) is 0 Å². The van der Waals surface area contributed by atoms with Crippen molar-refractivity contribution >= 4 is 11.3 Å². The van der Waals surface area contributed by atoms with Crippen LogP contribution >= 0.6 is 0 Å². The second kappa shape index (κ2) is 9.00. The predicted octanol–water partition coefficient (Wildman–Crippen LogP) is 3.68. The van der Waals surface area contributed by atoms with Gasteiger partial charge in [0.25, 0.3) is 0 Å². The number of nitrogens with two attached hydrogens (primary N) is 1. The van der Waals surface area contributed by atoms with E-state index in [2.05, 4.69) is 90.1 Å². The second-order valence-electron chi connectivity index (χ2n) is 4.99. The molecule has 0 fully saturated rings. The first-order valence-corrected chi connectivity index (χ1v) is 8.31. The minimum atomic E-state index is -2.36. The fraction of sp³-hybridized carbons (Fsp3) is 0.0526. The molecule has 0 saturated heterocycles. The summed E-state index contributed by atoms with van der Waals surface area (Å²) in [5.41, 5.74) is 5.27. The maximum atomic E-state index is 8.78. The van der Waals surface area contributed by atoms with E-state index < -0.39 is 11.3 Å². The first-order chi connectivity index (χ1) is 11.1. The molecule has 0 aliphatic rings. The quantitative estimate of drug-likeness (QED) is 0.747. The van der Waals surface area contributed by atoms with Crippen molar-refractivity contribution in [1.29, 1.82) is 0 Å². The summed E-state index contributed by atoms with van der Waals surface area (Å²) in [7, 11) is 0. The van der Waals surface area contributed by atoms with Crippen LogP contribution in [0, 0.1) is 0 Å². The maximum absolute atomic E-state index is 8.78. The lowest BCUT2D eigenvalue weighted by Crippen LogP contribution is -1.97. The third kappa shape index (κ3) is 6.16. The molecule has 2 N–H and O–H groups in total. The average molecular weight is 324 g/mol. The molecule has 0 aliphatic heterocycles. The van der Waals surface area contributed by atoms with Gasteiger partial charge in [-0.15, -0.1) is 0 Å². The van der Waals surface area contributed by atoms with E-state index >= 15 is 0 Å². The minimum absolute atomic E-state index is 0.988. The molecule has 0 heterocycles. The zero-order valence-electron chi connectivity index (χ0n) is 12.6. The fourth-order valence-electron chi connectivity index (χ4n) is 2.32. The first-order valence-electron chi connectivity index (χ1n) is 7.17. The van der Waals surface area contributed by atoms with Gasteiger partial charge in [0.2, 0.25) is 0 Å². The van der Waals surface area contributed by atoms with Crippen LogP contribution in [0.1, 0.15) is 11.1 Å². The van der Waals surface area contributed by atoms with Crippen molar-refractivity contribution < 1.29 is 8.76 Å². The second-order valence-corrected chi connectivity index (χ2v) is 5.51. The van der Waals surface area contributed by atoms with Gasteiger partial charge >= 0.3 is 0 Å². The first kappa shape index (κ1) is 17.1. The van der Waals surface area contributed by atoms with Crippen LogP contribution in [-0.4, -0.2) is 8.76 Å². The number of benzene rings is 3. The molecule has 118 valence electrons. The SMILES string of the molecule is NS(=O)[O-].c1ccc(Cc2cccc(-c3ccccc3)c2)cc1. The Morgan fingerprint density at radius 2 is 1.22 bits per heavy atom. The van der Waals surface area contributed by atoms with Gasteiger partial charge in [-0.3, -0.25) is 9.35 Å². The Bertz CT molecular complexity index is 742. The molecule has 1 unspecified atom stereocenters. The maximum Gasteiger partial charge on any atom is 0.0152 e. The molecule has 0 bridgehead atoms. The van der Waals surface area contributed by atoms with Crippen LogP contribution in [0.15, 0.2) is 84.9 Å². The van der Waals surface area contributed by atoms with Gasteiger partial charge in [0, 0.05) is 11.3 Å². The molecule has 0 spiro atoms. The van der Waals surface area contributed by atoms with Crippen LogP contribution in [0.3, 0.4) is 0 Å². The lowest BCUT2D eigenvalue weighted by molar-refractivity contribution is 0.539. The van der Waals surface area contributed by atoms with E-state index in [1.54, 1.807) is 0 Å². The Morgan fingerprint density at radius 3 is 1.83 bits per heavy atom. The molecule has 1 atom stereocenters. The Morgan fingerprint density at radius 1 is 0.739 bits per heavy atom. The zero-order chi connectivity index (χ0) is 16.5. The molecular formula is C19H18NO2S-. The summed E-state index contributed by atoms with van der Waals surface area (Å²) in [4.78, 5) is 0. The van der Waals surface area contributed by atoms with Crippen molar-refractivity contribution in [2.75, 3.05) is 0 Å². The van der Waals surface area contributed by atoms with Gasteiger partial charge in [-0.25, -0.2) is 0 Å². The van der Waals surface area contributed by atoms with E-state index in [0.29, 0.717) is 0 Å². The molecule has 0 aromatic heterocycles. The summed E-state index contributed by atoms with van der Waals surface area (Å²) < 4.78 is 17.6. The molecule has 0 radical (unpaired) electrons. The van der Waals surface area contributed by atoms with E-state index in [0.717, 1.165) is 6.42 Å². The van der Waals surface area contributed by atoms with Crippen molar-refractivity contribution in [3.8, 4) is 11.1 Å². The van der Waals surface area contributed by atoms with E-state index in [9.17, 15) is 0 Å². The van der Waals surface area contributed by atoms with Gasteiger partial charge < -0.3 is 4.55 Å². The van der Waals surface area contributed by atoms with Crippen LogP contribution in [0.25, 0.3) is 11.1 Å². The smallest absolute Gasteiger partial charge is 0.0152 e. The lowest BCUT2D eigenvalue weighted by Gasteiger charge is -2.06. The van der Waals surface area contributed by atoms with Crippen molar-refractivity contribution in [2.24, 2.45) is 5.14 Å². The molecule has 0 saturated carbocycles. The zero-order valence-corrected chi connectivity index (χ0v) is 13.4. The third-order valence-corrected chi connectivity index (χ3v) is 3.29. The van der Waals surface area contributed by atoms with E-state index in [-0.39, 0.29) is 0 Å². The molecular weight excluding hydrogens is 306 g/mol. The van der Waals surface area contributed by atoms with Crippen molar-refractivity contribution in [3.63, 3.8) is 0 Å².